The van der Waals surface area contributed by atoms with Crippen LogP contribution >= 0.6 is 11.3 Å². The molecule has 0 spiro atoms. The monoisotopic (exact) mass is 377 g/mol. The Hall–Kier alpha value is -3.32. The number of hydrogen-bond donors (Lipinski definition) is 0. The van der Waals surface area contributed by atoms with Crippen LogP contribution < -0.4 is 5.56 Å². The fourth-order valence-electron chi connectivity index (χ4n) is 2.77. The topological polar surface area (TPSA) is 74.1 Å². The van der Waals surface area contributed by atoms with E-state index in [0.717, 1.165) is 16.0 Å². The summed E-state index contributed by atoms with van der Waals surface area (Å²) in [4.78, 5) is 25.9. The lowest BCUT2D eigenvalue weighted by Gasteiger charge is -2.04. The minimum atomic E-state index is -0.397. The molecule has 2 aromatic heterocycles. The van der Waals surface area contributed by atoms with Gasteiger partial charge in [0.1, 0.15) is 0 Å². The number of fused-ring (bicyclic) bond motifs is 1. The van der Waals surface area contributed by atoms with Gasteiger partial charge in [-0.3, -0.25) is 4.79 Å². The molecule has 4 rings (SSSR count). The van der Waals surface area contributed by atoms with Crippen molar-refractivity contribution in [3.05, 3.63) is 82.1 Å². The van der Waals surface area contributed by atoms with Crippen molar-refractivity contribution in [3.8, 4) is 10.4 Å². The minimum Gasteiger partial charge on any atom is -0.465 e. The van der Waals surface area contributed by atoms with Gasteiger partial charge in [0.15, 0.2) is 4.83 Å². The summed E-state index contributed by atoms with van der Waals surface area (Å²) < 4.78 is 6.02. The zero-order chi connectivity index (χ0) is 18.8. The minimum absolute atomic E-state index is 0.185. The maximum Gasteiger partial charge on any atom is 0.337 e. The molecule has 0 atom stereocenters. The molecule has 0 N–H and O–H groups in total. The van der Waals surface area contributed by atoms with E-state index in [4.69, 9.17) is 0 Å². The molecular weight excluding hydrogens is 362 g/mol. The molecule has 0 saturated heterocycles. The van der Waals surface area contributed by atoms with Gasteiger partial charge in [0.2, 0.25) is 0 Å². The third-order valence-corrected chi connectivity index (χ3v) is 5.25. The van der Waals surface area contributed by atoms with Crippen LogP contribution in [-0.4, -0.2) is 28.1 Å². The molecule has 2 heterocycles. The highest BCUT2D eigenvalue weighted by atomic mass is 32.1. The molecule has 2 aromatic carbocycles. The van der Waals surface area contributed by atoms with Gasteiger partial charge in [-0.25, -0.2) is 9.48 Å². The second kappa shape index (κ2) is 7.13. The van der Waals surface area contributed by atoms with E-state index in [9.17, 15) is 9.59 Å². The summed E-state index contributed by atoms with van der Waals surface area (Å²) in [7, 11) is 1.34. The van der Waals surface area contributed by atoms with Crippen molar-refractivity contribution >= 4 is 27.5 Å². The highest BCUT2D eigenvalue weighted by Crippen LogP contribution is 2.30. The van der Waals surface area contributed by atoms with Crippen molar-refractivity contribution in [1.29, 1.82) is 0 Å². The standard InChI is InChI=1S/C20H15N3O3S/c1-26-20(25)15-9-7-13(8-10-15)12-23-19(24)16-11-17(27-18(16)21-22-23)14-5-3-2-4-6-14/h2-11H,12H2,1H3. The number of nitrogens with zero attached hydrogens (tertiary/aromatic N) is 3. The highest BCUT2D eigenvalue weighted by Gasteiger charge is 2.12. The largest absolute Gasteiger partial charge is 0.465 e. The van der Waals surface area contributed by atoms with Crippen LogP contribution in [0.5, 0.6) is 0 Å². The lowest BCUT2D eigenvalue weighted by Crippen LogP contribution is -2.24. The maximum atomic E-state index is 12.8. The maximum absolute atomic E-state index is 12.8. The summed E-state index contributed by atoms with van der Waals surface area (Å²) in [5, 5.41) is 8.81. The van der Waals surface area contributed by atoms with Gasteiger partial charge in [0, 0.05) is 4.88 Å². The van der Waals surface area contributed by atoms with E-state index in [2.05, 4.69) is 15.0 Å². The van der Waals surface area contributed by atoms with E-state index in [1.165, 1.54) is 23.1 Å². The summed E-state index contributed by atoms with van der Waals surface area (Å²) >= 11 is 1.45. The summed E-state index contributed by atoms with van der Waals surface area (Å²) in [5.74, 6) is -0.397. The van der Waals surface area contributed by atoms with Crippen LogP contribution in [0.15, 0.2) is 65.5 Å². The Morgan fingerprint density at radius 3 is 2.56 bits per heavy atom. The van der Waals surface area contributed by atoms with Crippen molar-refractivity contribution in [2.24, 2.45) is 0 Å². The first-order valence-electron chi connectivity index (χ1n) is 8.26. The van der Waals surface area contributed by atoms with Crippen LogP contribution in [0.4, 0.5) is 0 Å². The number of hydrogen-bond acceptors (Lipinski definition) is 6. The molecule has 0 aliphatic heterocycles. The molecule has 0 fully saturated rings. The Kier molecular flexibility index (Phi) is 4.52. The van der Waals surface area contributed by atoms with Crippen molar-refractivity contribution in [3.63, 3.8) is 0 Å². The number of carbonyl (C=O) groups is 1. The van der Waals surface area contributed by atoms with Crippen molar-refractivity contribution in [2.75, 3.05) is 7.11 Å². The number of esters is 1. The van der Waals surface area contributed by atoms with Gasteiger partial charge in [0.25, 0.3) is 5.56 Å². The molecule has 0 unspecified atom stereocenters. The quantitative estimate of drug-likeness (QED) is 0.510. The van der Waals surface area contributed by atoms with Gasteiger partial charge in [-0.1, -0.05) is 47.7 Å². The molecule has 0 amide bonds. The first-order chi connectivity index (χ1) is 13.2. The summed E-state index contributed by atoms with van der Waals surface area (Å²) in [5.41, 5.74) is 2.16. The van der Waals surface area contributed by atoms with Gasteiger partial charge in [-0.2, -0.15) is 0 Å². The van der Waals surface area contributed by atoms with E-state index >= 15 is 0 Å². The van der Waals surface area contributed by atoms with Gasteiger partial charge >= 0.3 is 5.97 Å². The van der Waals surface area contributed by atoms with Crippen LogP contribution in [0.1, 0.15) is 15.9 Å². The summed E-state index contributed by atoms with van der Waals surface area (Å²) in [6.45, 7) is 0.278. The van der Waals surface area contributed by atoms with Crippen molar-refractivity contribution < 1.29 is 9.53 Å². The Balaban J connectivity index is 1.66. The number of ether oxygens (including phenoxy) is 1. The summed E-state index contributed by atoms with van der Waals surface area (Å²) in [6, 6.07) is 18.6. The average molecular weight is 377 g/mol. The smallest absolute Gasteiger partial charge is 0.337 e. The molecule has 4 aromatic rings. The Bertz CT molecular complexity index is 1160. The van der Waals surface area contributed by atoms with E-state index in [1.807, 2.05) is 36.4 Å². The second-order valence-corrected chi connectivity index (χ2v) is 6.97. The molecule has 134 valence electrons. The zero-order valence-corrected chi connectivity index (χ0v) is 15.3. The SMILES string of the molecule is COC(=O)c1ccc(Cn2nnc3sc(-c4ccccc4)cc3c2=O)cc1. The number of rotatable bonds is 4. The second-order valence-electron chi connectivity index (χ2n) is 5.94. The van der Waals surface area contributed by atoms with E-state index in [1.54, 1.807) is 24.3 Å². The number of carbonyl (C=O) groups excluding carboxylic acids is 1. The molecule has 6 nitrogen and oxygen atoms in total. The van der Waals surface area contributed by atoms with Crippen molar-refractivity contribution in [2.45, 2.75) is 6.54 Å². The molecule has 0 aliphatic carbocycles. The van der Waals surface area contributed by atoms with Gasteiger partial charge in [-0.15, -0.1) is 16.4 Å². The number of aromatic nitrogens is 3. The van der Waals surface area contributed by atoms with E-state index < -0.39 is 5.97 Å². The lowest BCUT2D eigenvalue weighted by atomic mass is 10.1. The average Bonchev–Trinajstić information content (AvgIpc) is 3.16. The predicted molar refractivity (Wildman–Crippen MR) is 104 cm³/mol. The van der Waals surface area contributed by atoms with Crippen LogP contribution in [0.3, 0.4) is 0 Å². The Morgan fingerprint density at radius 1 is 1.11 bits per heavy atom. The lowest BCUT2D eigenvalue weighted by molar-refractivity contribution is 0.0600. The zero-order valence-electron chi connectivity index (χ0n) is 14.5. The number of benzene rings is 2. The molecule has 0 bridgehead atoms. The van der Waals surface area contributed by atoms with Crippen LogP contribution in [-0.2, 0) is 11.3 Å². The Labute approximate surface area is 158 Å². The van der Waals surface area contributed by atoms with Crippen molar-refractivity contribution in [1.82, 2.24) is 15.0 Å². The van der Waals surface area contributed by atoms with Gasteiger partial charge in [0.05, 0.1) is 24.6 Å². The molecule has 0 saturated carbocycles. The number of thiophene rings is 1. The molecule has 0 aliphatic rings. The highest BCUT2D eigenvalue weighted by molar-refractivity contribution is 7.21. The normalized spacial score (nSPS) is 10.9. The van der Waals surface area contributed by atoms with Crippen LogP contribution in [0.25, 0.3) is 20.7 Å². The van der Waals surface area contributed by atoms with Crippen LogP contribution in [0.2, 0.25) is 0 Å². The molecule has 0 radical (unpaired) electrons. The third kappa shape index (κ3) is 3.37. The fourth-order valence-corrected chi connectivity index (χ4v) is 3.74. The van der Waals surface area contributed by atoms with E-state index in [0.29, 0.717) is 15.8 Å². The fraction of sp³-hybridized carbons (Fsp3) is 0.100. The third-order valence-electron chi connectivity index (χ3n) is 4.19. The molecule has 7 heteroatoms. The Morgan fingerprint density at radius 2 is 1.85 bits per heavy atom. The summed E-state index contributed by atoms with van der Waals surface area (Å²) in [6.07, 6.45) is 0. The molecule has 27 heavy (non-hydrogen) atoms. The molecular formula is C20H15N3O3S. The first-order valence-corrected chi connectivity index (χ1v) is 9.07. The van der Waals surface area contributed by atoms with Gasteiger partial charge in [-0.05, 0) is 29.3 Å². The number of methoxy groups -OCH3 is 1. The van der Waals surface area contributed by atoms with E-state index in [-0.39, 0.29) is 12.1 Å². The van der Waals surface area contributed by atoms with Gasteiger partial charge < -0.3 is 4.74 Å². The van der Waals surface area contributed by atoms with Crippen LogP contribution in [0, 0.1) is 0 Å². The predicted octanol–water partition coefficient (Wildman–Crippen LogP) is 3.35. The first kappa shape index (κ1) is 17.1.